The number of rotatable bonds is 6. The van der Waals surface area contributed by atoms with Crippen LogP contribution >= 0.6 is 0 Å². The van der Waals surface area contributed by atoms with Gasteiger partial charge in [-0.25, -0.2) is 9.18 Å². The minimum absolute atomic E-state index is 0.0159. The third kappa shape index (κ3) is 5.23. The van der Waals surface area contributed by atoms with Gasteiger partial charge in [0.05, 0.1) is 18.2 Å². The van der Waals surface area contributed by atoms with Crippen LogP contribution in [-0.4, -0.2) is 36.9 Å². The summed E-state index contributed by atoms with van der Waals surface area (Å²) in [5.41, 5.74) is 0.872. The van der Waals surface area contributed by atoms with E-state index in [4.69, 9.17) is 9.84 Å². The van der Waals surface area contributed by atoms with Crippen molar-refractivity contribution < 1.29 is 23.8 Å². The lowest BCUT2D eigenvalue weighted by Crippen LogP contribution is -2.37. The van der Waals surface area contributed by atoms with E-state index in [1.807, 2.05) is 0 Å². The van der Waals surface area contributed by atoms with Crippen LogP contribution < -0.4 is 10.6 Å². The highest BCUT2D eigenvalue weighted by Gasteiger charge is 2.14. The summed E-state index contributed by atoms with van der Waals surface area (Å²) in [6.45, 7) is 1.79. The topological polar surface area (TPSA) is 87.7 Å². The van der Waals surface area contributed by atoms with Gasteiger partial charge in [0.2, 0.25) is 0 Å². The molecule has 2 amide bonds. The average molecular weight is 284 g/mol. The van der Waals surface area contributed by atoms with Crippen molar-refractivity contribution in [2.75, 3.05) is 19.0 Å². The van der Waals surface area contributed by atoms with E-state index in [2.05, 4.69) is 10.6 Å². The second-order valence-electron chi connectivity index (χ2n) is 4.27. The Morgan fingerprint density at radius 1 is 1.45 bits per heavy atom. The molecule has 1 rings (SSSR count). The molecule has 6 nitrogen and oxygen atoms in total. The SMILES string of the molecule is COC(CNC(=O)Nc1cc(C)ccc1F)CC(=O)O. The Hall–Kier alpha value is -2.15. The first-order valence-corrected chi connectivity index (χ1v) is 5.98. The van der Waals surface area contributed by atoms with Crippen LogP contribution in [0.4, 0.5) is 14.9 Å². The molecule has 0 fully saturated rings. The second kappa shape index (κ2) is 7.44. The smallest absolute Gasteiger partial charge is 0.319 e. The minimum Gasteiger partial charge on any atom is -0.481 e. The minimum atomic E-state index is -1.02. The monoisotopic (exact) mass is 284 g/mol. The maximum absolute atomic E-state index is 13.4. The van der Waals surface area contributed by atoms with Gasteiger partial charge in [0, 0.05) is 13.7 Å². The quantitative estimate of drug-likeness (QED) is 0.742. The van der Waals surface area contributed by atoms with Gasteiger partial charge in [-0.05, 0) is 24.6 Å². The molecule has 1 atom stereocenters. The predicted octanol–water partition coefficient (Wildman–Crippen LogP) is 1.75. The van der Waals surface area contributed by atoms with Crippen LogP contribution in [0.1, 0.15) is 12.0 Å². The highest BCUT2D eigenvalue weighted by atomic mass is 19.1. The molecule has 0 spiro atoms. The molecule has 0 saturated carbocycles. The fourth-order valence-corrected chi connectivity index (χ4v) is 1.54. The molecule has 0 aromatic heterocycles. The zero-order valence-electron chi connectivity index (χ0n) is 11.3. The summed E-state index contributed by atoms with van der Waals surface area (Å²) in [6, 6.07) is 3.72. The molecular formula is C13H17FN2O4. The van der Waals surface area contributed by atoms with E-state index in [1.54, 1.807) is 13.0 Å². The highest BCUT2D eigenvalue weighted by Crippen LogP contribution is 2.15. The number of aryl methyl sites for hydroxylation is 1. The number of nitrogens with one attached hydrogen (secondary N) is 2. The Balaban J connectivity index is 2.51. The fourth-order valence-electron chi connectivity index (χ4n) is 1.54. The molecule has 1 aromatic carbocycles. The molecule has 1 aromatic rings. The van der Waals surface area contributed by atoms with Crippen LogP contribution in [0.25, 0.3) is 0 Å². The summed E-state index contributed by atoms with van der Waals surface area (Å²) in [6.07, 6.45) is -0.865. The summed E-state index contributed by atoms with van der Waals surface area (Å²) >= 11 is 0. The van der Waals surface area contributed by atoms with E-state index in [9.17, 15) is 14.0 Å². The highest BCUT2D eigenvalue weighted by molar-refractivity contribution is 5.89. The van der Waals surface area contributed by atoms with Crippen molar-refractivity contribution in [3.63, 3.8) is 0 Å². The summed E-state index contributed by atoms with van der Waals surface area (Å²) in [5, 5.41) is 13.4. The molecule has 20 heavy (non-hydrogen) atoms. The molecule has 0 radical (unpaired) electrons. The molecule has 1 unspecified atom stereocenters. The lowest BCUT2D eigenvalue weighted by atomic mass is 10.2. The fraction of sp³-hybridized carbons (Fsp3) is 0.385. The lowest BCUT2D eigenvalue weighted by molar-refractivity contribution is -0.139. The van der Waals surface area contributed by atoms with Crippen molar-refractivity contribution in [3.05, 3.63) is 29.6 Å². The molecule has 0 aliphatic rings. The van der Waals surface area contributed by atoms with E-state index >= 15 is 0 Å². The van der Waals surface area contributed by atoms with Crippen molar-refractivity contribution in [2.24, 2.45) is 0 Å². The number of aliphatic carboxylic acids is 1. The normalized spacial score (nSPS) is 11.8. The van der Waals surface area contributed by atoms with E-state index < -0.39 is 23.9 Å². The number of carbonyl (C=O) groups is 2. The summed E-state index contributed by atoms with van der Waals surface area (Å²) in [5.74, 6) is -1.57. The van der Waals surface area contributed by atoms with Crippen molar-refractivity contribution in [3.8, 4) is 0 Å². The molecule has 110 valence electrons. The number of amides is 2. The first-order chi connectivity index (χ1) is 9.42. The van der Waals surface area contributed by atoms with E-state index in [0.717, 1.165) is 5.56 Å². The molecule has 0 aliphatic carbocycles. The zero-order valence-corrected chi connectivity index (χ0v) is 11.3. The Bertz CT molecular complexity index is 493. The Labute approximate surface area is 115 Å². The Morgan fingerprint density at radius 3 is 2.75 bits per heavy atom. The number of carbonyl (C=O) groups excluding carboxylic acids is 1. The van der Waals surface area contributed by atoms with Gasteiger partial charge in [-0.15, -0.1) is 0 Å². The zero-order chi connectivity index (χ0) is 15.1. The van der Waals surface area contributed by atoms with Crippen LogP contribution in [0, 0.1) is 12.7 Å². The van der Waals surface area contributed by atoms with Crippen molar-refractivity contribution in [2.45, 2.75) is 19.4 Å². The Morgan fingerprint density at radius 2 is 2.15 bits per heavy atom. The van der Waals surface area contributed by atoms with Crippen molar-refractivity contribution in [1.29, 1.82) is 0 Å². The van der Waals surface area contributed by atoms with E-state index in [1.165, 1.54) is 19.2 Å². The molecule has 0 saturated heterocycles. The second-order valence-corrected chi connectivity index (χ2v) is 4.27. The summed E-state index contributed by atoms with van der Waals surface area (Å²) in [7, 11) is 1.35. The number of anilines is 1. The van der Waals surface area contributed by atoms with Crippen LogP contribution in [0.5, 0.6) is 0 Å². The number of carboxylic acids is 1. The van der Waals surface area contributed by atoms with Crippen LogP contribution in [-0.2, 0) is 9.53 Å². The largest absolute Gasteiger partial charge is 0.481 e. The van der Waals surface area contributed by atoms with Crippen LogP contribution in [0.2, 0.25) is 0 Å². The third-order valence-corrected chi connectivity index (χ3v) is 2.60. The molecule has 7 heteroatoms. The number of halogens is 1. The van der Waals surface area contributed by atoms with Gasteiger partial charge in [-0.3, -0.25) is 4.79 Å². The predicted molar refractivity (Wildman–Crippen MR) is 71.2 cm³/mol. The molecule has 0 bridgehead atoms. The average Bonchev–Trinajstić information content (AvgIpc) is 2.38. The number of hydrogen-bond donors (Lipinski definition) is 3. The third-order valence-electron chi connectivity index (χ3n) is 2.60. The van der Waals surface area contributed by atoms with Crippen LogP contribution in [0.15, 0.2) is 18.2 Å². The van der Waals surface area contributed by atoms with Crippen molar-refractivity contribution >= 4 is 17.7 Å². The number of hydrogen-bond acceptors (Lipinski definition) is 3. The molecule has 0 heterocycles. The van der Waals surface area contributed by atoms with Gasteiger partial charge in [-0.2, -0.15) is 0 Å². The van der Waals surface area contributed by atoms with Gasteiger partial charge >= 0.3 is 12.0 Å². The van der Waals surface area contributed by atoms with Gasteiger partial charge in [0.15, 0.2) is 0 Å². The van der Waals surface area contributed by atoms with Gasteiger partial charge < -0.3 is 20.5 Å². The molecule has 3 N–H and O–H groups in total. The number of methoxy groups -OCH3 is 1. The number of urea groups is 1. The van der Waals surface area contributed by atoms with Gasteiger partial charge in [0.25, 0.3) is 0 Å². The first kappa shape index (κ1) is 15.9. The lowest BCUT2D eigenvalue weighted by Gasteiger charge is -2.14. The number of ether oxygens (including phenoxy) is 1. The standard InChI is InChI=1S/C13H17FN2O4/c1-8-3-4-10(14)11(5-8)16-13(19)15-7-9(20-2)6-12(17)18/h3-5,9H,6-7H2,1-2H3,(H,17,18)(H2,15,16,19). The van der Waals surface area contributed by atoms with E-state index in [-0.39, 0.29) is 18.7 Å². The van der Waals surface area contributed by atoms with Gasteiger partial charge in [-0.1, -0.05) is 6.07 Å². The summed E-state index contributed by atoms with van der Waals surface area (Å²) < 4.78 is 18.3. The molecular weight excluding hydrogens is 267 g/mol. The van der Waals surface area contributed by atoms with Gasteiger partial charge in [0.1, 0.15) is 5.82 Å². The van der Waals surface area contributed by atoms with Crippen LogP contribution in [0.3, 0.4) is 0 Å². The summed E-state index contributed by atoms with van der Waals surface area (Å²) in [4.78, 5) is 22.1. The van der Waals surface area contributed by atoms with Crippen molar-refractivity contribution in [1.82, 2.24) is 5.32 Å². The number of carboxylic acid groups (broad SMARTS) is 1. The first-order valence-electron chi connectivity index (χ1n) is 5.98. The molecule has 0 aliphatic heterocycles. The number of benzene rings is 1. The Kier molecular flexibility index (Phi) is 5.92. The maximum atomic E-state index is 13.4. The van der Waals surface area contributed by atoms with E-state index in [0.29, 0.717) is 0 Å². The maximum Gasteiger partial charge on any atom is 0.319 e.